The van der Waals surface area contributed by atoms with Gasteiger partial charge in [-0.3, -0.25) is 9.59 Å². The summed E-state index contributed by atoms with van der Waals surface area (Å²) in [6.07, 6.45) is 19.2. The molecule has 7 nitrogen and oxygen atoms in total. The molecule has 0 saturated heterocycles. The van der Waals surface area contributed by atoms with Crippen LogP contribution in [0, 0.1) is 17.8 Å². The minimum absolute atomic E-state index is 0.430. The Morgan fingerprint density at radius 1 is 0.649 bits per heavy atom. The predicted octanol–water partition coefficient (Wildman–Crippen LogP) is 5.67. The number of hydrogen-bond acceptors (Lipinski definition) is 4. The molecular formula is C30H55NO6. The number of rotatable bonds is 25. The number of quaternary nitrogens is 1. The van der Waals surface area contributed by atoms with Gasteiger partial charge in [-0.1, -0.05) is 84.8 Å². The van der Waals surface area contributed by atoms with E-state index in [1.165, 1.54) is 51.4 Å². The standard InChI is InChI=1S/C30H55NO6/c1-5-6-7-8-9-10-11-12-13-14-15-16-17-21-31(22-18-25(2)28(32)33,23-19-26(3)29(34)35)24-20-27(4)30(36)37/h14-15,25-27H,5-13,16-24H2,1-4H3,(H2-,32,33,34,35,36,37)/b15-14+. The molecule has 0 saturated carbocycles. The van der Waals surface area contributed by atoms with Crippen molar-refractivity contribution >= 4 is 17.9 Å². The minimum atomic E-state index is -1.08. The molecule has 3 unspecified atom stereocenters. The van der Waals surface area contributed by atoms with Gasteiger partial charge in [-0.25, -0.2) is 0 Å². The molecule has 216 valence electrons. The summed E-state index contributed by atoms with van der Waals surface area (Å²) >= 11 is 0. The lowest BCUT2D eigenvalue weighted by Gasteiger charge is -2.41. The van der Waals surface area contributed by atoms with Crippen molar-refractivity contribution in [3.05, 3.63) is 12.2 Å². The molecule has 0 aliphatic heterocycles. The fourth-order valence-electron chi connectivity index (χ4n) is 4.61. The van der Waals surface area contributed by atoms with Gasteiger partial charge in [0.25, 0.3) is 0 Å². The summed E-state index contributed by atoms with van der Waals surface area (Å²) in [6, 6.07) is 0. The number of hydrogen-bond donors (Lipinski definition) is 2. The zero-order chi connectivity index (χ0) is 28.1. The number of carbonyl (C=O) groups excluding carboxylic acids is 1. The van der Waals surface area contributed by atoms with Gasteiger partial charge in [-0.2, -0.15) is 0 Å². The van der Waals surface area contributed by atoms with Crippen LogP contribution >= 0.6 is 0 Å². The van der Waals surface area contributed by atoms with E-state index in [0.717, 1.165) is 25.8 Å². The molecule has 0 heterocycles. The molecule has 0 spiro atoms. The van der Waals surface area contributed by atoms with E-state index >= 15 is 0 Å². The lowest BCUT2D eigenvalue weighted by molar-refractivity contribution is -0.929. The molecule has 2 N–H and O–H groups in total. The first-order valence-corrected chi connectivity index (χ1v) is 14.7. The van der Waals surface area contributed by atoms with Crippen LogP contribution in [-0.2, 0) is 14.4 Å². The summed E-state index contributed by atoms with van der Waals surface area (Å²) in [5, 5.41) is 30.1. The highest BCUT2D eigenvalue weighted by Gasteiger charge is 2.30. The van der Waals surface area contributed by atoms with E-state index in [2.05, 4.69) is 19.1 Å². The van der Waals surface area contributed by atoms with Gasteiger partial charge < -0.3 is 24.6 Å². The highest BCUT2D eigenvalue weighted by atomic mass is 16.4. The maximum absolute atomic E-state index is 11.4. The average Bonchev–Trinajstić information content (AvgIpc) is 2.86. The van der Waals surface area contributed by atoms with Crippen LogP contribution in [0.4, 0.5) is 0 Å². The van der Waals surface area contributed by atoms with E-state index in [1.54, 1.807) is 20.8 Å². The van der Waals surface area contributed by atoms with Gasteiger partial charge in [-0.05, 0) is 19.3 Å². The first kappa shape index (κ1) is 35.1. The van der Waals surface area contributed by atoms with Crippen molar-refractivity contribution in [2.24, 2.45) is 17.8 Å². The van der Waals surface area contributed by atoms with Crippen molar-refractivity contribution in [3.63, 3.8) is 0 Å². The third kappa shape index (κ3) is 18.1. The summed E-state index contributed by atoms with van der Waals surface area (Å²) in [5.41, 5.74) is 0. The van der Waals surface area contributed by atoms with Gasteiger partial charge in [0.2, 0.25) is 0 Å². The molecular weight excluding hydrogens is 470 g/mol. The fraction of sp³-hybridized carbons (Fsp3) is 0.833. The second-order valence-corrected chi connectivity index (χ2v) is 11.2. The minimum Gasteiger partial charge on any atom is -0.550 e. The molecule has 0 aliphatic carbocycles. The van der Waals surface area contributed by atoms with E-state index in [4.69, 9.17) is 0 Å². The fourth-order valence-corrected chi connectivity index (χ4v) is 4.61. The van der Waals surface area contributed by atoms with Crippen molar-refractivity contribution < 1.29 is 34.2 Å². The molecule has 37 heavy (non-hydrogen) atoms. The number of carboxylic acids is 3. The highest BCUT2D eigenvalue weighted by Crippen LogP contribution is 2.21. The largest absolute Gasteiger partial charge is 0.550 e. The second kappa shape index (κ2) is 21.1. The maximum atomic E-state index is 11.4. The predicted molar refractivity (Wildman–Crippen MR) is 147 cm³/mol. The van der Waals surface area contributed by atoms with Gasteiger partial charge in [-0.15, -0.1) is 0 Å². The number of aliphatic carboxylic acids is 3. The van der Waals surface area contributed by atoms with Crippen molar-refractivity contribution in [1.82, 2.24) is 0 Å². The smallest absolute Gasteiger partial charge is 0.306 e. The molecule has 7 heteroatoms. The quantitative estimate of drug-likeness (QED) is 0.0902. The van der Waals surface area contributed by atoms with Crippen LogP contribution < -0.4 is 5.11 Å². The second-order valence-electron chi connectivity index (χ2n) is 11.2. The van der Waals surface area contributed by atoms with E-state index in [-0.39, 0.29) is 0 Å². The molecule has 0 aliphatic rings. The average molecular weight is 526 g/mol. The Kier molecular flexibility index (Phi) is 20.0. The molecule has 0 radical (unpaired) electrons. The topological polar surface area (TPSA) is 115 Å². The molecule has 0 aromatic heterocycles. The van der Waals surface area contributed by atoms with Crippen LogP contribution in [0.25, 0.3) is 0 Å². The Morgan fingerprint density at radius 2 is 1.05 bits per heavy atom. The number of carboxylic acid groups (broad SMARTS) is 3. The van der Waals surface area contributed by atoms with E-state index < -0.39 is 35.7 Å². The number of carbonyl (C=O) groups is 3. The summed E-state index contributed by atoms with van der Waals surface area (Å²) in [5.74, 6) is -4.37. The Hall–Kier alpha value is -1.89. The van der Waals surface area contributed by atoms with Crippen LogP contribution in [-0.4, -0.2) is 58.8 Å². The third-order valence-electron chi connectivity index (χ3n) is 7.75. The Morgan fingerprint density at radius 3 is 1.49 bits per heavy atom. The van der Waals surface area contributed by atoms with E-state index in [1.807, 2.05) is 0 Å². The van der Waals surface area contributed by atoms with Crippen molar-refractivity contribution in [3.8, 4) is 0 Å². The van der Waals surface area contributed by atoms with Crippen LogP contribution in [0.5, 0.6) is 0 Å². The number of unbranched alkanes of at least 4 members (excludes halogenated alkanes) is 9. The molecule has 0 rings (SSSR count). The monoisotopic (exact) mass is 525 g/mol. The lowest BCUT2D eigenvalue weighted by Crippen LogP contribution is -2.52. The Balaban J connectivity index is 4.94. The maximum Gasteiger partial charge on any atom is 0.306 e. The summed E-state index contributed by atoms with van der Waals surface area (Å²) in [7, 11) is 0. The normalized spacial score (nSPS) is 15.8. The number of nitrogens with zero attached hydrogens (tertiary/aromatic N) is 1. The van der Waals surface area contributed by atoms with Gasteiger partial charge in [0, 0.05) is 37.6 Å². The van der Waals surface area contributed by atoms with Gasteiger partial charge >= 0.3 is 11.9 Å². The molecule has 0 fully saturated rings. The zero-order valence-electron chi connectivity index (χ0n) is 24.1. The van der Waals surface area contributed by atoms with Crippen LogP contribution in [0.3, 0.4) is 0 Å². The van der Waals surface area contributed by atoms with Crippen molar-refractivity contribution in [2.75, 3.05) is 26.2 Å². The lowest BCUT2D eigenvalue weighted by atomic mass is 10.0. The molecule has 0 aromatic carbocycles. The molecule has 0 amide bonds. The highest BCUT2D eigenvalue weighted by molar-refractivity contribution is 5.69. The summed E-state index contributed by atoms with van der Waals surface area (Å²) in [4.78, 5) is 34.2. The van der Waals surface area contributed by atoms with Crippen molar-refractivity contribution in [2.45, 2.75) is 118 Å². The summed E-state index contributed by atoms with van der Waals surface area (Å²) in [6.45, 7) is 9.81. The first-order valence-electron chi connectivity index (χ1n) is 14.7. The molecule has 0 aromatic rings. The van der Waals surface area contributed by atoms with Crippen LogP contribution in [0.2, 0.25) is 0 Å². The van der Waals surface area contributed by atoms with Gasteiger partial charge in [0.05, 0.1) is 38.0 Å². The van der Waals surface area contributed by atoms with E-state index in [9.17, 15) is 29.7 Å². The van der Waals surface area contributed by atoms with Crippen LogP contribution in [0.15, 0.2) is 12.2 Å². The Bertz CT molecular complexity index is 603. The van der Waals surface area contributed by atoms with E-state index in [0.29, 0.717) is 43.4 Å². The van der Waals surface area contributed by atoms with Crippen molar-refractivity contribution in [1.29, 1.82) is 0 Å². The molecule has 0 bridgehead atoms. The Labute approximate surface area is 225 Å². The summed E-state index contributed by atoms with van der Waals surface area (Å²) < 4.78 is 0.554. The number of allylic oxidation sites excluding steroid dienone is 2. The third-order valence-corrected chi connectivity index (χ3v) is 7.75. The van der Waals surface area contributed by atoms with Gasteiger partial charge in [0.1, 0.15) is 0 Å². The molecule has 3 atom stereocenters. The zero-order valence-corrected chi connectivity index (χ0v) is 24.1. The van der Waals surface area contributed by atoms with Gasteiger partial charge in [0.15, 0.2) is 0 Å². The SMILES string of the molecule is CCCCCCCCCC/C=C/CCC[N+](CCC(C)C(=O)[O-])(CCC(C)C(=O)O)CCC(C)C(=O)O. The van der Waals surface area contributed by atoms with Crippen LogP contribution in [0.1, 0.15) is 118 Å². The first-order chi connectivity index (χ1) is 17.5.